The van der Waals surface area contributed by atoms with Crippen LogP contribution in [0.1, 0.15) is 26.7 Å². The summed E-state index contributed by atoms with van der Waals surface area (Å²) in [5.41, 5.74) is 0. The third-order valence-corrected chi connectivity index (χ3v) is 3.14. The number of carbonyl (C=O) groups is 1. The number of carbonyl (C=O) groups excluding carboxylic acids is 1. The van der Waals surface area contributed by atoms with E-state index >= 15 is 0 Å². The average molecular weight is 217 g/mol. The molecule has 5 heteroatoms. The first-order chi connectivity index (χ1) is 6.63. The lowest BCUT2D eigenvalue weighted by Gasteiger charge is -2.30. The molecule has 1 amide bonds. The molecule has 0 aromatic carbocycles. The van der Waals surface area contributed by atoms with E-state index in [2.05, 4.69) is 9.62 Å². The smallest absolute Gasteiger partial charge is 0.222 e. The van der Waals surface area contributed by atoms with Crippen molar-refractivity contribution in [1.29, 1.82) is 0 Å². The SMILES string of the molecule is CC(C)C(=O)NC1CCN(SN)CC1. The van der Waals surface area contributed by atoms with Gasteiger partial charge in [0.25, 0.3) is 0 Å². The molecule has 0 atom stereocenters. The maximum absolute atomic E-state index is 11.4. The van der Waals surface area contributed by atoms with E-state index in [9.17, 15) is 4.79 Å². The number of nitrogens with two attached hydrogens (primary N) is 1. The fourth-order valence-corrected chi connectivity index (χ4v) is 1.90. The minimum atomic E-state index is 0.0805. The molecule has 82 valence electrons. The number of hydrogen-bond acceptors (Lipinski definition) is 4. The van der Waals surface area contributed by atoms with E-state index in [0.29, 0.717) is 6.04 Å². The molecule has 0 saturated carbocycles. The van der Waals surface area contributed by atoms with Crippen molar-refractivity contribution >= 4 is 18.0 Å². The Morgan fingerprint density at radius 3 is 2.50 bits per heavy atom. The Labute approximate surface area is 89.9 Å². The summed E-state index contributed by atoms with van der Waals surface area (Å²) in [5.74, 6) is 0.237. The zero-order chi connectivity index (χ0) is 10.6. The summed E-state index contributed by atoms with van der Waals surface area (Å²) in [7, 11) is 0. The van der Waals surface area contributed by atoms with Gasteiger partial charge in [0, 0.05) is 37.2 Å². The molecule has 1 fully saturated rings. The van der Waals surface area contributed by atoms with Crippen molar-refractivity contribution < 1.29 is 4.79 Å². The molecule has 0 aliphatic carbocycles. The first kappa shape index (κ1) is 11.8. The summed E-state index contributed by atoms with van der Waals surface area (Å²) in [6, 6.07) is 0.341. The first-order valence-electron chi connectivity index (χ1n) is 5.05. The van der Waals surface area contributed by atoms with Crippen LogP contribution in [0.2, 0.25) is 0 Å². The fraction of sp³-hybridized carbons (Fsp3) is 0.889. The summed E-state index contributed by atoms with van der Waals surface area (Å²) in [5, 5.41) is 8.50. The maximum Gasteiger partial charge on any atom is 0.222 e. The lowest BCUT2D eigenvalue weighted by molar-refractivity contribution is -0.124. The predicted molar refractivity (Wildman–Crippen MR) is 59.4 cm³/mol. The van der Waals surface area contributed by atoms with Crippen LogP contribution in [0.15, 0.2) is 0 Å². The standard InChI is InChI=1S/C9H19N3OS/c1-7(2)9(13)11-8-3-5-12(14-10)6-4-8/h7-8H,3-6,10H2,1-2H3,(H,11,13). The third-order valence-electron chi connectivity index (χ3n) is 2.47. The molecule has 0 bridgehead atoms. The van der Waals surface area contributed by atoms with E-state index in [1.54, 1.807) is 0 Å². The van der Waals surface area contributed by atoms with Gasteiger partial charge in [0.15, 0.2) is 0 Å². The second kappa shape index (κ2) is 5.58. The van der Waals surface area contributed by atoms with Crippen molar-refractivity contribution in [2.75, 3.05) is 13.1 Å². The van der Waals surface area contributed by atoms with Gasteiger partial charge in [0.05, 0.1) is 0 Å². The van der Waals surface area contributed by atoms with Gasteiger partial charge in [-0.3, -0.25) is 9.93 Å². The molecule has 14 heavy (non-hydrogen) atoms. The van der Waals surface area contributed by atoms with Crippen molar-refractivity contribution in [2.45, 2.75) is 32.7 Å². The quantitative estimate of drug-likeness (QED) is 0.685. The second-order valence-electron chi connectivity index (χ2n) is 3.97. The van der Waals surface area contributed by atoms with Crippen LogP contribution in [-0.4, -0.2) is 29.3 Å². The highest BCUT2D eigenvalue weighted by Gasteiger charge is 2.20. The first-order valence-corrected chi connectivity index (χ1v) is 5.89. The van der Waals surface area contributed by atoms with E-state index in [-0.39, 0.29) is 11.8 Å². The number of nitrogens with zero attached hydrogens (tertiary/aromatic N) is 1. The van der Waals surface area contributed by atoms with E-state index in [4.69, 9.17) is 5.14 Å². The normalized spacial score (nSPS) is 20.0. The number of amides is 1. The van der Waals surface area contributed by atoms with Crippen molar-refractivity contribution in [3.8, 4) is 0 Å². The summed E-state index contributed by atoms with van der Waals surface area (Å²) >= 11 is 1.29. The van der Waals surface area contributed by atoms with Crippen LogP contribution in [0.5, 0.6) is 0 Å². The highest BCUT2D eigenvalue weighted by atomic mass is 32.2. The van der Waals surface area contributed by atoms with E-state index in [1.807, 2.05) is 13.8 Å². The van der Waals surface area contributed by atoms with E-state index in [1.165, 1.54) is 12.1 Å². The largest absolute Gasteiger partial charge is 0.353 e. The molecule has 1 heterocycles. The van der Waals surface area contributed by atoms with Gasteiger partial charge in [-0.2, -0.15) is 0 Å². The Kier molecular flexibility index (Phi) is 4.71. The molecule has 1 rings (SSSR count). The highest BCUT2D eigenvalue weighted by molar-refractivity contribution is 7.94. The molecule has 1 aliphatic rings. The van der Waals surface area contributed by atoms with Gasteiger partial charge in [-0.05, 0) is 12.8 Å². The lowest BCUT2D eigenvalue weighted by Crippen LogP contribution is -2.44. The van der Waals surface area contributed by atoms with Gasteiger partial charge in [-0.1, -0.05) is 13.8 Å². The van der Waals surface area contributed by atoms with Crippen LogP contribution >= 0.6 is 12.1 Å². The van der Waals surface area contributed by atoms with Gasteiger partial charge in [0.1, 0.15) is 0 Å². The zero-order valence-electron chi connectivity index (χ0n) is 8.82. The van der Waals surface area contributed by atoms with E-state index in [0.717, 1.165) is 25.9 Å². The van der Waals surface area contributed by atoms with Crippen LogP contribution in [0.25, 0.3) is 0 Å². The molecule has 0 unspecified atom stereocenters. The van der Waals surface area contributed by atoms with Gasteiger partial charge < -0.3 is 5.32 Å². The summed E-state index contributed by atoms with van der Waals surface area (Å²) in [6.07, 6.45) is 2.01. The Hall–Kier alpha value is -0.260. The monoisotopic (exact) mass is 217 g/mol. The Bertz CT molecular complexity index is 190. The fourth-order valence-electron chi connectivity index (χ4n) is 1.47. The van der Waals surface area contributed by atoms with Crippen LogP contribution in [0.4, 0.5) is 0 Å². The van der Waals surface area contributed by atoms with Gasteiger partial charge >= 0.3 is 0 Å². The molecule has 1 aliphatic heterocycles. The molecule has 0 spiro atoms. The number of hydrogen-bond donors (Lipinski definition) is 2. The molecule has 1 saturated heterocycles. The predicted octanol–water partition coefficient (Wildman–Crippen LogP) is 0.745. The summed E-state index contributed by atoms with van der Waals surface area (Å²) in [4.78, 5) is 11.4. The lowest BCUT2D eigenvalue weighted by atomic mass is 10.1. The molecular formula is C9H19N3OS. The zero-order valence-corrected chi connectivity index (χ0v) is 9.64. The number of rotatable bonds is 3. The minimum absolute atomic E-state index is 0.0805. The minimum Gasteiger partial charge on any atom is -0.353 e. The molecular weight excluding hydrogens is 198 g/mol. The topological polar surface area (TPSA) is 58.4 Å². The third kappa shape index (κ3) is 3.48. The van der Waals surface area contributed by atoms with Crippen LogP contribution in [-0.2, 0) is 4.79 Å². The van der Waals surface area contributed by atoms with Crippen LogP contribution in [0, 0.1) is 5.92 Å². The van der Waals surface area contributed by atoms with Gasteiger partial charge in [-0.25, -0.2) is 4.31 Å². The molecule has 4 nitrogen and oxygen atoms in total. The summed E-state index contributed by atoms with van der Waals surface area (Å²) < 4.78 is 2.12. The molecule has 0 radical (unpaired) electrons. The van der Waals surface area contributed by atoms with Crippen molar-refractivity contribution in [3.63, 3.8) is 0 Å². The van der Waals surface area contributed by atoms with Crippen molar-refractivity contribution in [1.82, 2.24) is 9.62 Å². The van der Waals surface area contributed by atoms with Crippen molar-refractivity contribution in [2.24, 2.45) is 11.1 Å². The maximum atomic E-state index is 11.4. The number of nitrogens with one attached hydrogen (secondary N) is 1. The van der Waals surface area contributed by atoms with E-state index < -0.39 is 0 Å². The molecule has 3 N–H and O–H groups in total. The molecule has 0 aromatic rings. The Morgan fingerprint density at radius 2 is 2.07 bits per heavy atom. The molecule has 0 aromatic heterocycles. The average Bonchev–Trinajstić information content (AvgIpc) is 2.19. The van der Waals surface area contributed by atoms with Crippen LogP contribution in [0.3, 0.4) is 0 Å². The Morgan fingerprint density at radius 1 is 1.50 bits per heavy atom. The van der Waals surface area contributed by atoms with Crippen molar-refractivity contribution in [3.05, 3.63) is 0 Å². The second-order valence-corrected chi connectivity index (χ2v) is 4.70. The summed E-state index contributed by atoms with van der Waals surface area (Å²) in [6.45, 7) is 5.76. The Balaban J connectivity index is 2.25. The highest BCUT2D eigenvalue weighted by Crippen LogP contribution is 2.14. The van der Waals surface area contributed by atoms with Gasteiger partial charge in [-0.15, -0.1) is 0 Å². The van der Waals surface area contributed by atoms with Gasteiger partial charge in [0.2, 0.25) is 5.91 Å². The number of piperidine rings is 1. The van der Waals surface area contributed by atoms with Crippen LogP contribution < -0.4 is 10.5 Å².